The van der Waals surface area contributed by atoms with E-state index in [9.17, 15) is 18.3 Å². The number of piperidine rings is 1. The van der Waals surface area contributed by atoms with Gasteiger partial charge in [-0.2, -0.15) is 17.4 Å². The van der Waals surface area contributed by atoms with Crippen LogP contribution in [-0.4, -0.2) is 69.4 Å². The number of nitrogens with zero attached hydrogens (tertiary/aromatic N) is 1. The summed E-state index contributed by atoms with van der Waals surface area (Å²) in [4.78, 5) is 11.4. The van der Waals surface area contributed by atoms with Crippen molar-refractivity contribution in [3.8, 4) is 0 Å². The molecule has 9 heteroatoms. The molecule has 0 saturated carbocycles. The quantitative estimate of drug-likeness (QED) is 0.620. The normalized spacial score (nSPS) is 28.7. The minimum Gasteiger partial charge on any atom is -0.469 e. The van der Waals surface area contributed by atoms with E-state index in [1.807, 2.05) is 0 Å². The smallest absolute Gasteiger partial charge is 0.308 e. The number of nitrogens with one attached hydrogen (secondary N) is 1. The molecule has 0 aromatic heterocycles. The number of carbonyl (C=O) groups is 1. The molecule has 1 unspecified atom stereocenters. The van der Waals surface area contributed by atoms with Gasteiger partial charge in [0.05, 0.1) is 19.6 Å². The molecule has 2 fully saturated rings. The highest BCUT2D eigenvalue weighted by molar-refractivity contribution is 7.87. The number of rotatable bonds is 5. The van der Waals surface area contributed by atoms with Crippen LogP contribution >= 0.6 is 0 Å². The Morgan fingerprint density at radius 2 is 2.14 bits per heavy atom. The van der Waals surface area contributed by atoms with Crippen LogP contribution in [0.25, 0.3) is 0 Å². The van der Waals surface area contributed by atoms with Crippen molar-refractivity contribution in [3.63, 3.8) is 0 Å². The van der Waals surface area contributed by atoms with Crippen LogP contribution in [0.5, 0.6) is 0 Å². The molecule has 0 spiro atoms. The monoisotopic (exact) mass is 322 g/mol. The SMILES string of the molecule is COC(=O)C1CCN(S(=O)(=O)NCC2(O)CCOC2)CC1. The third-order valence-electron chi connectivity index (χ3n) is 3.99. The molecule has 2 heterocycles. The molecular weight excluding hydrogens is 300 g/mol. The molecule has 0 bridgehead atoms. The Balaban J connectivity index is 1.85. The van der Waals surface area contributed by atoms with Crippen molar-refractivity contribution in [2.45, 2.75) is 24.9 Å². The van der Waals surface area contributed by atoms with Gasteiger partial charge in [0.1, 0.15) is 5.60 Å². The average molecular weight is 322 g/mol. The first-order chi connectivity index (χ1) is 9.86. The lowest BCUT2D eigenvalue weighted by molar-refractivity contribution is -0.146. The van der Waals surface area contributed by atoms with Crippen LogP contribution in [-0.2, 0) is 24.5 Å². The van der Waals surface area contributed by atoms with Gasteiger partial charge < -0.3 is 14.6 Å². The Hall–Kier alpha value is -0.740. The fraction of sp³-hybridized carbons (Fsp3) is 0.917. The first-order valence-electron chi connectivity index (χ1n) is 6.99. The molecule has 0 amide bonds. The summed E-state index contributed by atoms with van der Waals surface area (Å²) in [6.07, 6.45) is 1.31. The first-order valence-corrected chi connectivity index (χ1v) is 8.43. The number of ether oxygens (including phenoxy) is 2. The van der Waals surface area contributed by atoms with Crippen LogP contribution < -0.4 is 4.72 Å². The van der Waals surface area contributed by atoms with Crippen molar-refractivity contribution in [1.82, 2.24) is 9.03 Å². The van der Waals surface area contributed by atoms with Gasteiger partial charge in [0.25, 0.3) is 10.2 Å². The van der Waals surface area contributed by atoms with Crippen LogP contribution in [0.2, 0.25) is 0 Å². The van der Waals surface area contributed by atoms with E-state index in [4.69, 9.17) is 4.74 Å². The predicted octanol–water partition coefficient (Wildman–Crippen LogP) is -1.14. The summed E-state index contributed by atoms with van der Waals surface area (Å²) in [5, 5.41) is 10.1. The topological polar surface area (TPSA) is 105 Å². The number of carbonyl (C=O) groups excluding carboxylic acids is 1. The highest BCUT2D eigenvalue weighted by Crippen LogP contribution is 2.21. The van der Waals surface area contributed by atoms with Crippen molar-refractivity contribution in [1.29, 1.82) is 0 Å². The van der Waals surface area contributed by atoms with E-state index in [1.54, 1.807) is 0 Å². The third-order valence-corrected chi connectivity index (χ3v) is 5.55. The van der Waals surface area contributed by atoms with Gasteiger partial charge >= 0.3 is 5.97 Å². The zero-order chi connectivity index (χ0) is 15.5. The van der Waals surface area contributed by atoms with Crippen LogP contribution in [0, 0.1) is 5.92 Å². The van der Waals surface area contributed by atoms with Crippen LogP contribution in [0.1, 0.15) is 19.3 Å². The lowest BCUT2D eigenvalue weighted by atomic mass is 9.99. The van der Waals surface area contributed by atoms with E-state index in [0.29, 0.717) is 25.9 Å². The number of esters is 1. The molecule has 1 atom stereocenters. The lowest BCUT2D eigenvalue weighted by Crippen LogP contribution is -2.50. The van der Waals surface area contributed by atoms with Gasteiger partial charge in [-0.15, -0.1) is 0 Å². The Bertz CT molecular complexity index is 466. The molecule has 122 valence electrons. The summed E-state index contributed by atoms with van der Waals surface area (Å²) in [5.74, 6) is -0.536. The molecule has 2 rings (SSSR count). The van der Waals surface area contributed by atoms with Gasteiger partial charge in [-0.25, -0.2) is 0 Å². The molecule has 0 aliphatic carbocycles. The Morgan fingerprint density at radius 1 is 1.48 bits per heavy atom. The first kappa shape index (κ1) is 16.6. The van der Waals surface area contributed by atoms with E-state index in [0.717, 1.165) is 0 Å². The third kappa shape index (κ3) is 4.13. The predicted molar refractivity (Wildman–Crippen MR) is 73.6 cm³/mol. The largest absolute Gasteiger partial charge is 0.469 e. The maximum atomic E-state index is 12.2. The highest BCUT2D eigenvalue weighted by Gasteiger charge is 2.36. The molecule has 8 nitrogen and oxygen atoms in total. The second-order valence-electron chi connectivity index (χ2n) is 5.55. The summed E-state index contributed by atoms with van der Waals surface area (Å²) >= 11 is 0. The zero-order valence-corrected chi connectivity index (χ0v) is 12.9. The number of hydrogen-bond acceptors (Lipinski definition) is 6. The van der Waals surface area contributed by atoms with E-state index in [-0.39, 0.29) is 38.1 Å². The minimum absolute atomic E-state index is 0.0632. The average Bonchev–Trinajstić information content (AvgIpc) is 2.92. The number of aliphatic hydroxyl groups is 1. The van der Waals surface area contributed by atoms with Crippen molar-refractivity contribution in [2.75, 3.05) is 40.0 Å². The summed E-state index contributed by atoms with van der Waals surface area (Å²) in [6, 6.07) is 0. The second-order valence-corrected chi connectivity index (χ2v) is 7.30. The van der Waals surface area contributed by atoms with Crippen molar-refractivity contribution >= 4 is 16.2 Å². The Kier molecular flexibility index (Phi) is 5.20. The zero-order valence-electron chi connectivity index (χ0n) is 12.1. The van der Waals surface area contributed by atoms with Gasteiger partial charge in [0, 0.05) is 32.7 Å². The molecule has 2 aliphatic heterocycles. The van der Waals surface area contributed by atoms with Crippen molar-refractivity contribution < 1.29 is 27.8 Å². The summed E-state index contributed by atoms with van der Waals surface area (Å²) in [5.41, 5.74) is -1.13. The number of hydrogen-bond donors (Lipinski definition) is 2. The molecule has 0 aromatic rings. The van der Waals surface area contributed by atoms with E-state index in [2.05, 4.69) is 9.46 Å². The molecule has 2 N–H and O–H groups in total. The molecule has 2 saturated heterocycles. The molecule has 21 heavy (non-hydrogen) atoms. The van der Waals surface area contributed by atoms with Gasteiger partial charge in [0.15, 0.2) is 0 Å². The standard InChI is InChI=1S/C12H22N2O6S/c1-19-11(15)10-2-5-14(6-3-10)21(17,18)13-8-12(16)4-7-20-9-12/h10,13,16H,2-9H2,1H3. The summed E-state index contributed by atoms with van der Waals surface area (Å²) in [6.45, 7) is 1.04. The van der Waals surface area contributed by atoms with Crippen LogP contribution in [0.3, 0.4) is 0 Å². The highest BCUT2D eigenvalue weighted by atomic mass is 32.2. The van der Waals surface area contributed by atoms with E-state index in [1.165, 1.54) is 11.4 Å². The Labute approximate surface area is 124 Å². The number of methoxy groups -OCH3 is 1. The lowest BCUT2D eigenvalue weighted by Gasteiger charge is -2.31. The Morgan fingerprint density at radius 3 is 2.67 bits per heavy atom. The van der Waals surface area contributed by atoms with Gasteiger partial charge in [-0.3, -0.25) is 4.79 Å². The summed E-state index contributed by atoms with van der Waals surface area (Å²) < 4.78 is 37.8. The van der Waals surface area contributed by atoms with Crippen molar-refractivity contribution in [2.24, 2.45) is 5.92 Å². The second kappa shape index (κ2) is 6.57. The van der Waals surface area contributed by atoms with Gasteiger partial charge in [-0.05, 0) is 12.8 Å². The minimum atomic E-state index is -3.65. The van der Waals surface area contributed by atoms with Gasteiger partial charge in [-0.1, -0.05) is 0 Å². The maximum Gasteiger partial charge on any atom is 0.308 e. The molecule has 0 aromatic carbocycles. The van der Waals surface area contributed by atoms with E-state index < -0.39 is 15.8 Å². The van der Waals surface area contributed by atoms with Crippen molar-refractivity contribution in [3.05, 3.63) is 0 Å². The fourth-order valence-electron chi connectivity index (χ4n) is 2.55. The van der Waals surface area contributed by atoms with E-state index >= 15 is 0 Å². The molecule has 0 radical (unpaired) electrons. The fourth-order valence-corrected chi connectivity index (χ4v) is 3.88. The summed E-state index contributed by atoms with van der Waals surface area (Å²) in [7, 11) is -2.32. The molecule has 2 aliphatic rings. The maximum absolute atomic E-state index is 12.2. The van der Waals surface area contributed by atoms with Gasteiger partial charge in [0.2, 0.25) is 0 Å². The van der Waals surface area contributed by atoms with Crippen LogP contribution in [0.15, 0.2) is 0 Å². The molecular formula is C12H22N2O6S. The van der Waals surface area contributed by atoms with Crippen LogP contribution in [0.4, 0.5) is 0 Å².